The minimum Gasteiger partial charge on any atom is -0.496 e. The summed E-state index contributed by atoms with van der Waals surface area (Å²) in [6.07, 6.45) is 1.44. The van der Waals surface area contributed by atoms with Gasteiger partial charge < -0.3 is 19.5 Å². The number of nitrogens with one attached hydrogen (secondary N) is 1. The molecule has 0 aliphatic carbocycles. The van der Waals surface area contributed by atoms with Crippen molar-refractivity contribution in [1.29, 1.82) is 0 Å². The number of hydrogen-bond donors (Lipinski definition) is 1. The molecular weight excluding hydrogens is 324 g/mol. The molecule has 1 aliphatic rings. The number of fused-ring (bicyclic) bond motifs is 1. The summed E-state index contributed by atoms with van der Waals surface area (Å²) in [6.45, 7) is 2.32. The molecule has 0 bridgehead atoms. The molecule has 2 heterocycles. The molecule has 0 saturated heterocycles. The minimum atomic E-state index is -0.495. The highest BCUT2D eigenvalue weighted by molar-refractivity contribution is 5.92. The largest absolute Gasteiger partial charge is 0.496 e. The van der Waals surface area contributed by atoms with E-state index in [0.717, 1.165) is 5.56 Å². The number of nitrogens with zero attached hydrogens (tertiary/aromatic N) is 3. The van der Waals surface area contributed by atoms with Gasteiger partial charge >= 0.3 is 5.97 Å². The van der Waals surface area contributed by atoms with Crippen molar-refractivity contribution >= 4 is 11.9 Å². The number of para-hydroxylation sites is 1. The highest BCUT2D eigenvalue weighted by atomic mass is 16.6. The normalized spacial score (nSPS) is 16.2. The summed E-state index contributed by atoms with van der Waals surface area (Å²) in [7, 11) is 3.15. The minimum absolute atomic E-state index is 0.176. The number of carbonyl (C=O) groups excluding carboxylic acids is 1. The predicted octanol–water partition coefficient (Wildman–Crippen LogP) is 1.77. The van der Waals surface area contributed by atoms with E-state index in [1.165, 1.54) is 6.33 Å². The molecule has 1 aromatic heterocycles. The van der Waals surface area contributed by atoms with Gasteiger partial charge in [-0.3, -0.25) is 0 Å². The molecule has 132 valence electrons. The van der Waals surface area contributed by atoms with Crippen molar-refractivity contribution in [3.63, 3.8) is 0 Å². The third kappa shape index (κ3) is 3.20. The number of hydrogen-bond acceptors (Lipinski definition) is 7. The molecule has 0 fully saturated rings. The van der Waals surface area contributed by atoms with Crippen LogP contribution in [0.1, 0.15) is 18.5 Å². The Balaban J connectivity index is 2.06. The van der Waals surface area contributed by atoms with E-state index in [9.17, 15) is 4.79 Å². The summed E-state index contributed by atoms with van der Waals surface area (Å²) in [4.78, 5) is 16.9. The van der Waals surface area contributed by atoms with Gasteiger partial charge in [-0.2, -0.15) is 10.1 Å². The lowest BCUT2D eigenvalue weighted by Crippen LogP contribution is -2.30. The van der Waals surface area contributed by atoms with Crippen molar-refractivity contribution in [2.45, 2.75) is 13.0 Å². The Kier molecular flexibility index (Phi) is 4.99. The van der Waals surface area contributed by atoms with Crippen LogP contribution in [-0.2, 0) is 14.3 Å². The van der Waals surface area contributed by atoms with Crippen molar-refractivity contribution in [1.82, 2.24) is 14.8 Å². The van der Waals surface area contributed by atoms with Crippen LogP contribution in [0.5, 0.6) is 5.75 Å². The van der Waals surface area contributed by atoms with Gasteiger partial charge in [-0.1, -0.05) is 18.2 Å². The number of allylic oxidation sites excluding steroid dienone is 1. The van der Waals surface area contributed by atoms with Crippen molar-refractivity contribution < 1.29 is 19.0 Å². The zero-order chi connectivity index (χ0) is 17.8. The first-order valence-electron chi connectivity index (χ1n) is 7.83. The van der Waals surface area contributed by atoms with E-state index in [-0.39, 0.29) is 6.61 Å². The average Bonchev–Trinajstić information content (AvgIpc) is 3.08. The maximum atomic E-state index is 12.7. The lowest BCUT2D eigenvalue weighted by molar-refractivity contribution is -0.140. The topological polar surface area (TPSA) is 87.5 Å². The molecule has 1 aromatic carbocycles. The number of methoxy groups -OCH3 is 2. The summed E-state index contributed by atoms with van der Waals surface area (Å²) >= 11 is 0. The smallest absolute Gasteiger partial charge is 0.338 e. The first-order valence-corrected chi connectivity index (χ1v) is 7.83. The van der Waals surface area contributed by atoms with Crippen molar-refractivity contribution in [3.05, 3.63) is 47.4 Å². The van der Waals surface area contributed by atoms with Crippen LogP contribution in [0, 0.1) is 0 Å². The van der Waals surface area contributed by atoms with E-state index in [1.54, 1.807) is 18.9 Å². The Morgan fingerprint density at radius 1 is 1.28 bits per heavy atom. The molecule has 2 aromatic rings. The van der Waals surface area contributed by atoms with Gasteiger partial charge in [0.1, 0.15) is 24.7 Å². The van der Waals surface area contributed by atoms with Crippen LogP contribution in [0.15, 0.2) is 41.9 Å². The maximum absolute atomic E-state index is 12.7. The molecular formula is C17H20N4O4. The SMILES string of the molecule is COCCOC(=O)C1=C(C)Nc2ncnn2C1c1ccccc1OC. The number of benzene rings is 1. The van der Waals surface area contributed by atoms with Gasteiger partial charge in [0.2, 0.25) is 5.95 Å². The fourth-order valence-corrected chi connectivity index (χ4v) is 2.83. The van der Waals surface area contributed by atoms with Gasteiger partial charge in [0, 0.05) is 18.4 Å². The maximum Gasteiger partial charge on any atom is 0.338 e. The predicted molar refractivity (Wildman–Crippen MR) is 90.3 cm³/mol. The first-order chi connectivity index (χ1) is 12.2. The van der Waals surface area contributed by atoms with E-state index >= 15 is 0 Å². The molecule has 1 aliphatic heterocycles. The van der Waals surface area contributed by atoms with Crippen LogP contribution in [0.2, 0.25) is 0 Å². The Morgan fingerprint density at radius 3 is 2.84 bits per heavy atom. The van der Waals surface area contributed by atoms with Gasteiger partial charge in [0.15, 0.2) is 0 Å². The van der Waals surface area contributed by atoms with Crippen LogP contribution < -0.4 is 10.1 Å². The zero-order valence-corrected chi connectivity index (χ0v) is 14.4. The van der Waals surface area contributed by atoms with E-state index in [0.29, 0.717) is 29.6 Å². The summed E-state index contributed by atoms with van der Waals surface area (Å²) in [5, 5.41) is 7.37. The quantitative estimate of drug-likeness (QED) is 0.631. The lowest BCUT2D eigenvalue weighted by atomic mass is 9.95. The van der Waals surface area contributed by atoms with Crippen molar-refractivity contribution in [2.75, 3.05) is 32.8 Å². The second-order valence-corrected chi connectivity index (χ2v) is 5.47. The Hall–Kier alpha value is -2.87. The number of esters is 1. The van der Waals surface area contributed by atoms with Gasteiger partial charge in [-0.15, -0.1) is 0 Å². The first kappa shape index (κ1) is 17.0. The van der Waals surface area contributed by atoms with Gasteiger partial charge in [-0.25, -0.2) is 9.48 Å². The highest BCUT2D eigenvalue weighted by Gasteiger charge is 2.35. The fourth-order valence-electron chi connectivity index (χ4n) is 2.83. The molecule has 25 heavy (non-hydrogen) atoms. The van der Waals surface area contributed by atoms with Crippen LogP contribution in [0.25, 0.3) is 0 Å². The van der Waals surface area contributed by atoms with Crippen molar-refractivity contribution in [3.8, 4) is 5.75 Å². The van der Waals surface area contributed by atoms with E-state index in [4.69, 9.17) is 14.2 Å². The van der Waals surface area contributed by atoms with Crippen molar-refractivity contribution in [2.24, 2.45) is 0 Å². The highest BCUT2D eigenvalue weighted by Crippen LogP contribution is 2.38. The third-order valence-electron chi connectivity index (χ3n) is 3.97. The monoisotopic (exact) mass is 344 g/mol. The van der Waals surface area contributed by atoms with Gasteiger partial charge in [0.25, 0.3) is 0 Å². The molecule has 3 rings (SSSR count). The zero-order valence-electron chi connectivity index (χ0n) is 14.4. The van der Waals surface area contributed by atoms with Crippen LogP contribution in [-0.4, -0.2) is 48.2 Å². The number of aromatic nitrogens is 3. The molecule has 8 nitrogen and oxygen atoms in total. The number of rotatable bonds is 6. The Morgan fingerprint density at radius 2 is 2.08 bits per heavy atom. The number of anilines is 1. The third-order valence-corrected chi connectivity index (χ3v) is 3.97. The van der Waals surface area contributed by atoms with Gasteiger partial charge in [-0.05, 0) is 13.0 Å². The molecule has 1 N–H and O–H groups in total. The Labute approximate surface area is 145 Å². The number of carbonyl (C=O) groups is 1. The second-order valence-electron chi connectivity index (χ2n) is 5.47. The second kappa shape index (κ2) is 7.35. The molecule has 1 unspecified atom stereocenters. The van der Waals surface area contributed by atoms with E-state index in [1.807, 2.05) is 31.2 Å². The van der Waals surface area contributed by atoms with E-state index < -0.39 is 12.0 Å². The van der Waals surface area contributed by atoms with Gasteiger partial charge in [0.05, 0.1) is 19.3 Å². The summed E-state index contributed by atoms with van der Waals surface area (Å²) in [5.41, 5.74) is 1.92. The van der Waals surface area contributed by atoms with Crippen LogP contribution >= 0.6 is 0 Å². The van der Waals surface area contributed by atoms with E-state index in [2.05, 4.69) is 15.4 Å². The van der Waals surface area contributed by atoms with Crippen LogP contribution in [0.4, 0.5) is 5.95 Å². The molecule has 0 radical (unpaired) electrons. The lowest BCUT2D eigenvalue weighted by Gasteiger charge is -2.29. The fraction of sp³-hybridized carbons (Fsp3) is 0.353. The molecule has 1 atom stereocenters. The molecule has 0 amide bonds. The summed E-state index contributed by atoms with van der Waals surface area (Å²) in [6, 6.07) is 7.01. The summed E-state index contributed by atoms with van der Waals surface area (Å²) < 4.78 is 17.4. The molecule has 8 heteroatoms. The van der Waals surface area contributed by atoms with Crippen LogP contribution in [0.3, 0.4) is 0 Å². The standard InChI is InChI=1S/C17H20N4O4/c1-11-14(16(22)25-9-8-23-2)15(21-17(20-11)18-10-19-21)12-6-4-5-7-13(12)24-3/h4-7,10,15H,8-9H2,1-3H3,(H,18,19,20). The molecule has 0 saturated carbocycles. The average molecular weight is 344 g/mol. The number of ether oxygens (including phenoxy) is 3. The molecule has 0 spiro atoms. The Bertz CT molecular complexity index is 799. The summed E-state index contributed by atoms with van der Waals surface area (Å²) in [5.74, 6) is 0.784.